The van der Waals surface area contributed by atoms with Crippen LogP contribution in [0.3, 0.4) is 0 Å². The number of rotatable bonds is 1. The second kappa shape index (κ2) is 3.38. The highest BCUT2D eigenvalue weighted by Gasteiger charge is 1.98. The van der Waals surface area contributed by atoms with E-state index < -0.39 is 0 Å². The van der Waals surface area contributed by atoms with Crippen molar-refractivity contribution in [1.29, 1.82) is 5.26 Å². The fourth-order valence-corrected chi connectivity index (χ4v) is 1.02. The normalized spacial score (nSPS) is 9.18. The minimum absolute atomic E-state index is 0.450. The van der Waals surface area contributed by atoms with Crippen molar-refractivity contribution in [2.45, 2.75) is 6.54 Å². The van der Waals surface area contributed by atoms with Crippen molar-refractivity contribution in [2.75, 3.05) is 0 Å². The Kier molecular flexibility index (Phi) is 2.48. The number of nitriles is 1. The lowest BCUT2D eigenvalue weighted by Crippen LogP contribution is -1.95. The van der Waals surface area contributed by atoms with Gasteiger partial charge in [0.05, 0.1) is 10.6 Å². The van der Waals surface area contributed by atoms with E-state index in [1.807, 2.05) is 6.07 Å². The first kappa shape index (κ1) is 8.06. The maximum Gasteiger partial charge on any atom is 0.101 e. The molecule has 0 aliphatic carbocycles. The van der Waals surface area contributed by atoms with Gasteiger partial charge in [-0.25, -0.2) is 0 Å². The van der Waals surface area contributed by atoms with Crippen LogP contribution in [0.5, 0.6) is 0 Å². The van der Waals surface area contributed by atoms with E-state index in [1.165, 1.54) is 0 Å². The molecule has 0 aromatic heterocycles. The molecule has 0 aliphatic rings. The average Bonchev–Trinajstić information content (AvgIpc) is 2.04. The Bertz CT molecular complexity index is 301. The van der Waals surface area contributed by atoms with E-state index in [0.717, 1.165) is 5.56 Å². The molecule has 0 heterocycles. The third kappa shape index (κ3) is 1.70. The van der Waals surface area contributed by atoms with E-state index in [9.17, 15) is 0 Å². The molecule has 0 fully saturated rings. The third-order valence-electron chi connectivity index (χ3n) is 1.39. The molecule has 2 nitrogen and oxygen atoms in total. The van der Waals surface area contributed by atoms with Crippen LogP contribution in [0.15, 0.2) is 18.2 Å². The first-order chi connectivity index (χ1) is 5.27. The van der Waals surface area contributed by atoms with Crippen LogP contribution in [0.25, 0.3) is 0 Å². The topological polar surface area (TPSA) is 49.8 Å². The molecule has 0 radical (unpaired) electrons. The summed E-state index contributed by atoms with van der Waals surface area (Å²) in [5, 5.41) is 8.98. The Balaban J connectivity index is 3.12. The maximum atomic E-state index is 8.52. The number of benzene rings is 1. The van der Waals surface area contributed by atoms with Crippen LogP contribution in [0, 0.1) is 11.3 Å². The Morgan fingerprint density at radius 3 is 2.73 bits per heavy atom. The standard InChI is InChI=1S/C8H7ClN2/c9-8-3-6(4-10)1-2-7(8)5-11/h1-3H,4,10H2. The molecule has 0 spiro atoms. The molecule has 0 amide bonds. The first-order valence-electron chi connectivity index (χ1n) is 3.16. The van der Waals surface area contributed by atoms with Gasteiger partial charge in [0.1, 0.15) is 6.07 Å². The summed E-state index contributed by atoms with van der Waals surface area (Å²) in [7, 11) is 0. The van der Waals surface area contributed by atoms with E-state index in [0.29, 0.717) is 17.1 Å². The van der Waals surface area contributed by atoms with Crippen molar-refractivity contribution in [3.8, 4) is 6.07 Å². The van der Waals surface area contributed by atoms with Crippen LogP contribution in [-0.4, -0.2) is 0 Å². The van der Waals surface area contributed by atoms with Gasteiger partial charge in [-0.2, -0.15) is 5.26 Å². The fourth-order valence-electron chi connectivity index (χ4n) is 0.776. The molecule has 1 rings (SSSR count). The largest absolute Gasteiger partial charge is 0.326 e. The summed E-state index contributed by atoms with van der Waals surface area (Å²) in [4.78, 5) is 0. The molecule has 0 atom stereocenters. The molecule has 11 heavy (non-hydrogen) atoms. The number of hydrogen-bond acceptors (Lipinski definition) is 2. The van der Waals surface area contributed by atoms with E-state index >= 15 is 0 Å². The summed E-state index contributed by atoms with van der Waals surface area (Å²) in [6.07, 6.45) is 0. The Morgan fingerprint density at radius 2 is 2.27 bits per heavy atom. The lowest BCUT2D eigenvalue weighted by atomic mass is 10.1. The SMILES string of the molecule is N#Cc1ccc(CN)cc1Cl. The van der Waals surface area contributed by atoms with Crippen molar-refractivity contribution in [1.82, 2.24) is 0 Å². The summed E-state index contributed by atoms with van der Waals surface area (Å²) in [5.74, 6) is 0. The second-order valence-electron chi connectivity index (χ2n) is 2.13. The molecular weight excluding hydrogens is 160 g/mol. The smallest absolute Gasteiger partial charge is 0.101 e. The van der Waals surface area contributed by atoms with Gasteiger partial charge < -0.3 is 5.73 Å². The molecule has 0 bridgehead atoms. The van der Waals surface area contributed by atoms with Crippen LogP contribution in [0.1, 0.15) is 11.1 Å². The van der Waals surface area contributed by atoms with Crippen LogP contribution < -0.4 is 5.73 Å². The maximum absolute atomic E-state index is 8.52. The predicted octanol–water partition coefficient (Wildman–Crippen LogP) is 1.67. The van der Waals surface area contributed by atoms with E-state index in [-0.39, 0.29) is 0 Å². The molecule has 0 unspecified atom stereocenters. The van der Waals surface area contributed by atoms with Gasteiger partial charge in [-0.05, 0) is 17.7 Å². The molecule has 1 aromatic rings. The van der Waals surface area contributed by atoms with Gasteiger partial charge in [0.15, 0.2) is 0 Å². The number of hydrogen-bond donors (Lipinski definition) is 1. The molecule has 2 N–H and O–H groups in total. The van der Waals surface area contributed by atoms with Gasteiger partial charge in [-0.3, -0.25) is 0 Å². The summed E-state index contributed by atoms with van der Waals surface area (Å²) in [6.45, 7) is 0.450. The minimum Gasteiger partial charge on any atom is -0.326 e. The monoisotopic (exact) mass is 166 g/mol. The van der Waals surface area contributed by atoms with E-state index in [2.05, 4.69) is 0 Å². The Labute approximate surface area is 70.2 Å². The molecule has 0 aliphatic heterocycles. The zero-order chi connectivity index (χ0) is 8.27. The molecule has 0 saturated carbocycles. The Hall–Kier alpha value is -1.04. The van der Waals surface area contributed by atoms with Crippen molar-refractivity contribution in [2.24, 2.45) is 5.73 Å². The van der Waals surface area contributed by atoms with Crippen LogP contribution in [0.2, 0.25) is 5.02 Å². The van der Waals surface area contributed by atoms with Crippen molar-refractivity contribution >= 4 is 11.6 Å². The van der Waals surface area contributed by atoms with Crippen molar-refractivity contribution < 1.29 is 0 Å². The van der Waals surface area contributed by atoms with Crippen LogP contribution in [-0.2, 0) is 6.54 Å². The van der Waals surface area contributed by atoms with Gasteiger partial charge in [0.25, 0.3) is 0 Å². The Morgan fingerprint density at radius 1 is 1.55 bits per heavy atom. The third-order valence-corrected chi connectivity index (χ3v) is 1.70. The lowest BCUT2D eigenvalue weighted by molar-refractivity contribution is 1.07. The molecule has 56 valence electrons. The van der Waals surface area contributed by atoms with E-state index in [1.54, 1.807) is 18.2 Å². The molecular formula is C8H7ClN2. The van der Waals surface area contributed by atoms with Gasteiger partial charge in [-0.1, -0.05) is 17.7 Å². The predicted molar refractivity (Wildman–Crippen MR) is 44.1 cm³/mol. The summed E-state index contributed by atoms with van der Waals surface area (Å²) < 4.78 is 0. The lowest BCUT2D eigenvalue weighted by Gasteiger charge is -1.97. The van der Waals surface area contributed by atoms with Crippen molar-refractivity contribution in [3.05, 3.63) is 34.3 Å². The number of halogens is 1. The highest BCUT2D eigenvalue weighted by Crippen LogP contribution is 2.16. The van der Waals surface area contributed by atoms with E-state index in [4.69, 9.17) is 22.6 Å². The van der Waals surface area contributed by atoms with Gasteiger partial charge in [0.2, 0.25) is 0 Å². The van der Waals surface area contributed by atoms with Gasteiger partial charge in [-0.15, -0.1) is 0 Å². The van der Waals surface area contributed by atoms with Crippen LogP contribution >= 0.6 is 11.6 Å². The first-order valence-corrected chi connectivity index (χ1v) is 3.54. The minimum atomic E-state index is 0.450. The second-order valence-corrected chi connectivity index (χ2v) is 2.54. The molecule has 1 aromatic carbocycles. The van der Waals surface area contributed by atoms with Gasteiger partial charge in [0, 0.05) is 6.54 Å². The quantitative estimate of drug-likeness (QED) is 0.690. The highest BCUT2D eigenvalue weighted by molar-refractivity contribution is 6.31. The van der Waals surface area contributed by atoms with Crippen LogP contribution in [0.4, 0.5) is 0 Å². The zero-order valence-electron chi connectivity index (χ0n) is 5.84. The fraction of sp³-hybridized carbons (Fsp3) is 0.125. The van der Waals surface area contributed by atoms with Crippen molar-refractivity contribution in [3.63, 3.8) is 0 Å². The number of nitrogens with zero attached hydrogens (tertiary/aromatic N) is 1. The summed E-state index contributed by atoms with van der Waals surface area (Å²) in [5.41, 5.74) is 6.80. The summed E-state index contributed by atoms with van der Waals surface area (Å²) >= 11 is 5.73. The molecule has 3 heteroatoms. The van der Waals surface area contributed by atoms with Gasteiger partial charge >= 0.3 is 0 Å². The summed E-state index contributed by atoms with van der Waals surface area (Å²) in [6, 6.07) is 7.15. The highest BCUT2D eigenvalue weighted by atomic mass is 35.5. The average molecular weight is 167 g/mol. The zero-order valence-corrected chi connectivity index (χ0v) is 6.60. The molecule has 0 saturated heterocycles. The number of nitrogens with two attached hydrogens (primary N) is 1.